The second-order valence-corrected chi connectivity index (χ2v) is 6.98. The molecule has 1 aliphatic rings. The van der Waals surface area contributed by atoms with E-state index in [0.717, 1.165) is 12.1 Å². The van der Waals surface area contributed by atoms with Gasteiger partial charge in [0.15, 0.2) is 0 Å². The van der Waals surface area contributed by atoms with E-state index in [9.17, 15) is 0 Å². The number of furan rings is 1. The highest BCUT2D eigenvalue weighted by molar-refractivity contribution is 8.00. The molecule has 1 fully saturated rings. The molecule has 3 nitrogen and oxygen atoms in total. The van der Waals surface area contributed by atoms with Crippen LogP contribution in [-0.4, -0.2) is 35.0 Å². The van der Waals surface area contributed by atoms with Gasteiger partial charge in [-0.1, -0.05) is 25.1 Å². The van der Waals surface area contributed by atoms with Crippen molar-refractivity contribution in [3.05, 3.63) is 36.1 Å². The molecule has 20 heavy (non-hydrogen) atoms. The van der Waals surface area contributed by atoms with E-state index < -0.39 is 0 Å². The topological polar surface area (TPSA) is 42.4 Å². The van der Waals surface area contributed by atoms with Gasteiger partial charge in [-0.15, -0.1) is 0 Å². The summed E-state index contributed by atoms with van der Waals surface area (Å²) in [6, 6.07) is 9.00. The van der Waals surface area contributed by atoms with Crippen LogP contribution in [0.5, 0.6) is 0 Å². The van der Waals surface area contributed by atoms with Gasteiger partial charge in [0.25, 0.3) is 0 Å². The van der Waals surface area contributed by atoms with Crippen molar-refractivity contribution in [2.24, 2.45) is 5.73 Å². The third-order valence-corrected chi connectivity index (χ3v) is 5.76. The van der Waals surface area contributed by atoms with Gasteiger partial charge in [0.1, 0.15) is 5.58 Å². The first-order chi connectivity index (χ1) is 9.72. The van der Waals surface area contributed by atoms with Crippen molar-refractivity contribution < 1.29 is 4.42 Å². The van der Waals surface area contributed by atoms with E-state index in [1.807, 2.05) is 18.4 Å². The van der Waals surface area contributed by atoms with Gasteiger partial charge in [0.2, 0.25) is 0 Å². The minimum atomic E-state index is 0.247. The Morgan fingerprint density at radius 1 is 1.40 bits per heavy atom. The highest BCUT2D eigenvalue weighted by Crippen LogP contribution is 2.35. The molecule has 0 bridgehead atoms. The van der Waals surface area contributed by atoms with Crippen LogP contribution in [0.3, 0.4) is 0 Å². The van der Waals surface area contributed by atoms with E-state index in [4.69, 9.17) is 10.2 Å². The highest BCUT2D eigenvalue weighted by atomic mass is 32.2. The Balaban J connectivity index is 1.97. The van der Waals surface area contributed by atoms with Crippen molar-refractivity contribution in [3.8, 4) is 0 Å². The molecule has 3 atom stereocenters. The lowest BCUT2D eigenvalue weighted by atomic mass is 10.0. The second-order valence-electron chi connectivity index (χ2n) is 5.49. The van der Waals surface area contributed by atoms with Crippen LogP contribution >= 0.6 is 11.8 Å². The lowest BCUT2D eigenvalue weighted by molar-refractivity contribution is 0.151. The average Bonchev–Trinajstić information content (AvgIpc) is 2.88. The first kappa shape index (κ1) is 14.0. The Labute approximate surface area is 124 Å². The van der Waals surface area contributed by atoms with Crippen LogP contribution in [0.25, 0.3) is 11.0 Å². The lowest BCUT2D eigenvalue weighted by Crippen LogP contribution is -2.48. The van der Waals surface area contributed by atoms with Crippen molar-refractivity contribution in [2.75, 3.05) is 18.8 Å². The third-order valence-electron chi connectivity index (χ3n) is 4.43. The predicted molar refractivity (Wildman–Crippen MR) is 86.1 cm³/mol. The van der Waals surface area contributed by atoms with E-state index in [1.54, 1.807) is 0 Å². The maximum absolute atomic E-state index is 6.10. The van der Waals surface area contributed by atoms with E-state index in [-0.39, 0.29) is 6.04 Å². The van der Waals surface area contributed by atoms with Crippen LogP contribution in [-0.2, 0) is 0 Å². The summed E-state index contributed by atoms with van der Waals surface area (Å²) in [5.41, 5.74) is 8.29. The number of benzene rings is 1. The fourth-order valence-corrected chi connectivity index (χ4v) is 4.22. The van der Waals surface area contributed by atoms with Crippen LogP contribution in [0.1, 0.15) is 25.5 Å². The largest absolute Gasteiger partial charge is 0.464 e. The molecule has 2 aromatic rings. The predicted octanol–water partition coefficient (Wildman–Crippen LogP) is 3.26. The summed E-state index contributed by atoms with van der Waals surface area (Å²) in [7, 11) is 0. The minimum absolute atomic E-state index is 0.247. The summed E-state index contributed by atoms with van der Waals surface area (Å²) in [6.07, 6.45) is 1.89. The zero-order valence-corrected chi connectivity index (χ0v) is 12.9. The first-order valence-electron chi connectivity index (χ1n) is 7.26. The monoisotopic (exact) mass is 290 g/mol. The number of hydrogen-bond donors (Lipinski definition) is 1. The molecule has 0 amide bonds. The zero-order valence-electron chi connectivity index (χ0n) is 12.1. The number of rotatable bonds is 3. The van der Waals surface area contributed by atoms with Crippen molar-refractivity contribution >= 4 is 22.7 Å². The van der Waals surface area contributed by atoms with E-state index >= 15 is 0 Å². The molecule has 2 N–H and O–H groups in total. The fourth-order valence-electron chi connectivity index (χ4n) is 3.09. The number of nitrogens with two attached hydrogens (primary N) is 1. The molecular formula is C16H22N2OS. The molecule has 108 valence electrons. The lowest BCUT2D eigenvalue weighted by Gasteiger charge is -2.42. The Bertz CT molecular complexity index is 583. The van der Waals surface area contributed by atoms with Crippen LogP contribution in [0.2, 0.25) is 0 Å². The molecule has 1 aliphatic heterocycles. The van der Waals surface area contributed by atoms with Gasteiger partial charge in [-0.2, -0.15) is 11.8 Å². The Morgan fingerprint density at radius 3 is 3.00 bits per heavy atom. The molecule has 0 aliphatic carbocycles. The van der Waals surface area contributed by atoms with Crippen molar-refractivity contribution in [1.82, 2.24) is 4.90 Å². The molecule has 3 unspecified atom stereocenters. The number of thioether (sulfide) groups is 1. The molecule has 2 heterocycles. The molecule has 3 rings (SSSR count). The van der Waals surface area contributed by atoms with Crippen molar-refractivity contribution in [2.45, 2.75) is 31.2 Å². The van der Waals surface area contributed by atoms with Gasteiger partial charge in [-0.25, -0.2) is 0 Å². The minimum Gasteiger partial charge on any atom is -0.464 e. The van der Waals surface area contributed by atoms with Crippen LogP contribution in [0.15, 0.2) is 34.9 Å². The van der Waals surface area contributed by atoms with Gasteiger partial charge in [0, 0.05) is 41.1 Å². The average molecular weight is 290 g/mol. The molecule has 1 aromatic heterocycles. The van der Waals surface area contributed by atoms with E-state index in [2.05, 4.69) is 42.6 Å². The summed E-state index contributed by atoms with van der Waals surface area (Å²) >= 11 is 2.05. The molecule has 0 saturated carbocycles. The molecule has 0 radical (unpaired) electrons. The fraction of sp³-hybridized carbons (Fsp3) is 0.500. The normalized spacial score (nSPS) is 25.9. The summed E-state index contributed by atoms with van der Waals surface area (Å²) in [5, 5.41) is 1.84. The number of fused-ring (bicyclic) bond motifs is 1. The van der Waals surface area contributed by atoms with Gasteiger partial charge < -0.3 is 10.2 Å². The smallest absolute Gasteiger partial charge is 0.134 e. The molecule has 1 saturated heterocycles. The van der Waals surface area contributed by atoms with E-state index in [1.165, 1.54) is 16.7 Å². The summed E-state index contributed by atoms with van der Waals surface area (Å²) in [6.45, 7) is 6.34. The summed E-state index contributed by atoms with van der Waals surface area (Å²) in [4.78, 5) is 2.54. The third kappa shape index (κ3) is 2.36. The molecule has 4 heteroatoms. The Kier molecular flexibility index (Phi) is 4.06. The summed E-state index contributed by atoms with van der Waals surface area (Å²) in [5.74, 6) is 1.18. The Morgan fingerprint density at radius 2 is 2.20 bits per heavy atom. The van der Waals surface area contributed by atoms with Crippen LogP contribution in [0, 0.1) is 0 Å². The maximum atomic E-state index is 6.10. The number of nitrogens with zero attached hydrogens (tertiary/aromatic N) is 1. The van der Waals surface area contributed by atoms with Crippen LogP contribution < -0.4 is 5.73 Å². The van der Waals surface area contributed by atoms with Gasteiger partial charge in [0.05, 0.1) is 12.3 Å². The van der Waals surface area contributed by atoms with Gasteiger partial charge >= 0.3 is 0 Å². The van der Waals surface area contributed by atoms with Gasteiger partial charge in [-0.05, 0) is 13.0 Å². The maximum Gasteiger partial charge on any atom is 0.134 e. The van der Waals surface area contributed by atoms with Crippen molar-refractivity contribution in [1.29, 1.82) is 0 Å². The molecule has 1 aromatic carbocycles. The van der Waals surface area contributed by atoms with Crippen LogP contribution in [0.4, 0.5) is 0 Å². The summed E-state index contributed by atoms with van der Waals surface area (Å²) < 4.78 is 5.70. The quantitative estimate of drug-likeness (QED) is 0.942. The number of para-hydroxylation sites is 1. The van der Waals surface area contributed by atoms with Gasteiger partial charge in [-0.3, -0.25) is 4.90 Å². The zero-order chi connectivity index (χ0) is 14.1. The van der Waals surface area contributed by atoms with Crippen molar-refractivity contribution in [3.63, 3.8) is 0 Å². The number of hydrogen-bond acceptors (Lipinski definition) is 4. The first-order valence-corrected chi connectivity index (χ1v) is 8.30. The van der Waals surface area contributed by atoms with E-state index in [0.29, 0.717) is 17.8 Å². The second kappa shape index (κ2) is 5.80. The standard InChI is InChI=1S/C16H22N2OS/c1-11-12(2)20-8-7-18(11)15(9-17)14-10-19-16-6-4-3-5-13(14)16/h3-6,10-12,15H,7-9,17H2,1-2H3. The molecule has 0 spiro atoms. The highest BCUT2D eigenvalue weighted by Gasteiger charge is 2.32. The Hall–Kier alpha value is -0.970. The SMILES string of the molecule is CC1SCCN(C(CN)c2coc3ccccc23)C1C. The molecular weight excluding hydrogens is 268 g/mol.